The molecule has 0 bridgehead atoms. The summed E-state index contributed by atoms with van der Waals surface area (Å²) in [7, 11) is 0. The van der Waals surface area contributed by atoms with Crippen molar-refractivity contribution in [3.05, 3.63) is 70.3 Å². The van der Waals surface area contributed by atoms with E-state index in [1.54, 1.807) is 24.3 Å². The molecule has 0 unspecified atom stereocenters. The molecule has 2 atom stereocenters. The van der Waals surface area contributed by atoms with Crippen molar-refractivity contribution in [2.24, 2.45) is 0 Å². The van der Waals surface area contributed by atoms with E-state index >= 15 is 0 Å². The van der Waals surface area contributed by atoms with E-state index < -0.39 is 46.9 Å². The molecule has 120 valence electrons. The molecule has 3 nitrogen and oxygen atoms in total. The van der Waals surface area contributed by atoms with Crippen LogP contribution >= 0.6 is 0 Å². The second-order valence-electron chi connectivity index (χ2n) is 5.26. The topological polar surface area (TPSA) is 49.3 Å². The normalized spacial score (nSPS) is 19.5. The highest BCUT2D eigenvalue weighted by atomic mass is 19.2. The minimum atomic E-state index is -1.78. The van der Waals surface area contributed by atoms with Gasteiger partial charge >= 0.3 is 0 Å². The van der Waals surface area contributed by atoms with Gasteiger partial charge in [0.05, 0.1) is 12.1 Å². The first-order chi connectivity index (χ1) is 10.9. The number of aliphatic hydroxyl groups excluding tert-OH is 1. The van der Waals surface area contributed by atoms with Gasteiger partial charge in [0.15, 0.2) is 23.3 Å². The zero-order valence-electron chi connectivity index (χ0n) is 11.6. The van der Waals surface area contributed by atoms with Gasteiger partial charge in [0.25, 0.3) is 5.91 Å². The molecule has 2 N–H and O–H groups in total. The summed E-state index contributed by atoms with van der Waals surface area (Å²) in [5.41, 5.74) is 0.0155. The third-order valence-corrected chi connectivity index (χ3v) is 3.83. The number of aliphatic hydroxyl groups is 1. The minimum absolute atomic E-state index is 0.0289. The number of nitrogens with one attached hydrogen (secondary N) is 1. The standard InChI is InChI=1S/C16H11F4NO2/c17-9-6-10(18)14(20)12(13(9)19)16(23)21-15-8-4-2-1-3-7(8)5-11(15)22/h1-4,6,11,15,22H,5H2,(H,21,23)/t11-,15+/m1/s1. The number of amides is 1. The maximum atomic E-state index is 13.7. The molecule has 23 heavy (non-hydrogen) atoms. The third kappa shape index (κ3) is 2.57. The maximum Gasteiger partial charge on any atom is 0.258 e. The molecule has 7 heteroatoms. The number of benzene rings is 2. The van der Waals surface area contributed by atoms with Crippen LogP contribution < -0.4 is 5.32 Å². The van der Waals surface area contributed by atoms with E-state index in [0.717, 1.165) is 5.56 Å². The van der Waals surface area contributed by atoms with Crippen LogP contribution in [0.25, 0.3) is 0 Å². The van der Waals surface area contributed by atoms with Gasteiger partial charge in [-0.25, -0.2) is 17.6 Å². The predicted molar refractivity (Wildman–Crippen MR) is 72.6 cm³/mol. The fraction of sp³-hybridized carbons (Fsp3) is 0.188. The molecular formula is C16H11F4NO2. The van der Waals surface area contributed by atoms with Crippen LogP contribution in [0.5, 0.6) is 0 Å². The Morgan fingerprint density at radius 2 is 1.70 bits per heavy atom. The molecule has 0 aliphatic heterocycles. The van der Waals surface area contributed by atoms with Crippen molar-refractivity contribution in [2.45, 2.75) is 18.6 Å². The largest absolute Gasteiger partial charge is 0.390 e. The second-order valence-corrected chi connectivity index (χ2v) is 5.26. The van der Waals surface area contributed by atoms with Gasteiger partial charge in [0, 0.05) is 12.5 Å². The van der Waals surface area contributed by atoms with Crippen LogP contribution in [0.15, 0.2) is 30.3 Å². The van der Waals surface area contributed by atoms with Gasteiger partial charge in [-0.3, -0.25) is 4.79 Å². The predicted octanol–water partition coefficient (Wildman–Crippen LogP) is 2.63. The van der Waals surface area contributed by atoms with Crippen molar-refractivity contribution >= 4 is 5.91 Å². The summed E-state index contributed by atoms with van der Waals surface area (Å²) in [5, 5.41) is 12.2. The third-order valence-electron chi connectivity index (χ3n) is 3.83. The SMILES string of the molecule is O=C(N[C@H]1c2ccccc2C[C@H]1O)c1c(F)c(F)cc(F)c1F. The van der Waals surface area contributed by atoms with Crippen LogP contribution in [0.4, 0.5) is 17.6 Å². The zero-order chi connectivity index (χ0) is 16.7. The van der Waals surface area contributed by atoms with Crippen LogP contribution in [-0.2, 0) is 6.42 Å². The summed E-state index contributed by atoms with van der Waals surface area (Å²) in [4.78, 5) is 12.1. The van der Waals surface area contributed by atoms with Crippen molar-refractivity contribution in [3.8, 4) is 0 Å². The first-order valence-corrected chi connectivity index (χ1v) is 6.80. The Balaban J connectivity index is 1.95. The van der Waals surface area contributed by atoms with Gasteiger partial charge in [-0.1, -0.05) is 24.3 Å². The monoisotopic (exact) mass is 325 g/mol. The number of hydrogen-bond acceptors (Lipinski definition) is 2. The molecular weight excluding hydrogens is 314 g/mol. The Kier molecular flexibility index (Phi) is 3.81. The van der Waals surface area contributed by atoms with E-state index in [9.17, 15) is 27.5 Å². The quantitative estimate of drug-likeness (QED) is 0.659. The minimum Gasteiger partial charge on any atom is -0.390 e. The summed E-state index contributed by atoms with van der Waals surface area (Å²) >= 11 is 0. The molecule has 1 aliphatic carbocycles. The van der Waals surface area contributed by atoms with Crippen LogP contribution in [0.2, 0.25) is 0 Å². The molecule has 0 heterocycles. The van der Waals surface area contributed by atoms with Crippen molar-refractivity contribution in [2.75, 3.05) is 0 Å². The average molecular weight is 325 g/mol. The number of carbonyl (C=O) groups excluding carboxylic acids is 1. The van der Waals surface area contributed by atoms with Crippen molar-refractivity contribution < 1.29 is 27.5 Å². The average Bonchev–Trinajstić information content (AvgIpc) is 2.82. The fourth-order valence-corrected chi connectivity index (χ4v) is 2.73. The molecule has 0 saturated heterocycles. The van der Waals surface area contributed by atoms with Crippen molar-refractivity contribution in [3.63, 3.8) is 0 Å². The fourth-order valence-electron chi connectivity index (χ4n) is 2.73. The summed E-state index contributed by atoms with van der Waals surface area (Å²) in [6.07, 6.45) is -0.746. The summed E-state index contributed by atoms with van der Waals surface area (Å²) in [5.74, 6) is -8.22. The van der Waals surface area contributed by atoms with Gasteiger partial charge in [-0.2, -0.15) is 0 Å². The highest BCUT2D eigenvalue weighted by Gasteiger charge is 2.34. The van der Waals surface area contributed by atoms with E-state index in [2.05, 4.69) is 5.32 Å². The van der Waals surface area contributed by atoms with Gasteiger partial charge in [0.1, 0.15) is 5.56 Å². The van der Waals surface area contributed by atoms with Crippen LogP contribution in [-0.4, -0.2) is 17.1 Å². The van der Waals surface area contributed by atoms with Crippen LogP contribution in [0.1, 0.15) is 27.5 Å². The molecule has 1 amide bonds. The molecule has 1 aliphatic rings. The Hall–Kier alpha value is -2.41. The smallest absolute Gasteiger partial charge is 0.258 e. The summed E-state index contributed by atoms with van der Waals surface area (Å²) < 4.78 is 53.7. The molecule has 0 saturated carbocycles. The van der Waals surface area contributed by atoms with Crippen molar-refractivity contribution in [1.29, 1.82) is 0 Å². The van der Waals surface area contributed by atoms with E-state index in [0.29, 0.717) is 5.56 Å². The molecule has 0 fully saturated rings. The Bertz CT molecular complexity index is 768. The lowest BCUT2D eigenvalue weighted by Gasteiger charge is -2.18. The highest BCUT2D eigenvalue weighted by Crippen LogP contribution is 2.32. The van der Waals surface area contributed by atoms with E-state index in [1.165, 1.54) is 0 Å². The van der Waals surface area contributed by atoms with Gasteiger partial charge in [0.2, 0.25) is 0 Å². The number of rotatable bonds is 2. The van der Waals surface area contributed by atoms with E-state index in [4.69, 9.17) is 0 Å². The van der Waals surface area contributed by atoms with Gasteiger partial charge < -0.3 is 10.4 Å². The molecule has 2 aromatic carbocycles. The van der Waals surface area contributed by atoms with E-state index in [1.807, 2.05) is 0 Å². The Morgan fingerprint density at radius 3 is 2.35 bits per heavy atom. The molecule has 0 radical (unpaired) electrons. The Morgan fingerprint density at radius 1 is 1.09 bits per heavy atom. The van der Waals surface area contributed by atoms with E-state index in [-0.39, 0.29) is 12.5 Å². The number of fused-ring (bicyclic) bond motifs is 1. The lowest BCUT2D eigenvalue weighted by Crippen LogP contribution is -2.35. The zero-order valence-corrected chi connectivity index (χ0v) is 11.6. The van der Waals surface area contributed by atoms with Crippen molar-refractivity contribution in [1.82, 2.24) is 5.32 Å². The summed E-state index contributed by atoms with van der Waals surface area (Å²) in [6.45, 7) is 0. The highest BCUT2D eigenvalue weighted by molar-refractivity contribution is 5.95. The lowest BCUT2D eigenvalue weighted by molar-refractivity contribution is 0.0847. The molecule has 0 spiro atoms. The first-order valence-electron chi connectivity index (χ1n) is 6.80. The molecule has 2 aromatic rings. The molecule has 0 aromatic heterocycles. The lowest BCUT2D eigenvalue weighted by atomic mass is 10.1. The summed E-state index contributed by atoms with van der Waals surface area (Å²) in [6, 6.07) is 5.93. The number of hydrogen-bond donors (Lipinski definition) is 2. The Labute approximate surface area is 128 Å². The first kappa shape index (κ1) is 15.5. The van der Waals surface area contributed by atoms with Crippen LogP contribution in [0.3, 0.4) is 0 Å². The second kappa shape index (κ2) is 5.66. The van der Waals surface area contributed by atoms with Gasteiger partial charge in [-0.05, 0) is 11.1 Å². The van der Waals surface area contributed by atoms with Gasteiger partial charge in [-0.15, -0.1) is 0 Å². The van der Waals surface area contributed by atoms with Crippen LogP contribution in [0, 0.1) is 23.3 Å². The molecule has 3 rings (SSSR count). The number of halogens is 4. The maximum absolute atomic E-state index is 13.7. The number of carbonyl (C=O) groups is 1.